The fourth-order valence-corrected chi connectivity index (χ4v) is 6.48. The van der Waals surface area contributed by atoms with Crippen LogP contribution in [0.25, 0.3) is 89.0 Å². The van der Waals surface area contributed by atoms with E-state index >= 15 is 0 Å². The molecule has 0 N–H and O–H groups in total. The number of fused-ring (bicyclic) bond motifs is 4. The van der Waals surface area contributed by atoms with E-state index in [1.54, 1.807) is 0 Å². The number of aromatic nitrogens is 4. The van der Waals surface area contributed by atoms with Crippen molar-refractivity contribution in [2.24, 2.45) is 0 Å². The van der Waals surface area contributed by atoms with Crippen LogP contribution < -0.4 is 0 Å². The monoisotopic (exact) mass is 612 g/mol. The molecule has 0 unspecified atom stereocenters. The highest BCUT2D eigenvalue weighted by Crippen LogP contribution is 2.37. The van der Waals surface area contributed by atoms with Crippen molar-refractivity contribution in [2.75, 3.05) is 0 Å². The maximum absolute atomic E-state index is 5.29. The Kier molecular flexibility index (Phi) is 6.76. The lowest BCUT2D eigenvalue weighted by molar-refractivity contribution is 1.23. The van der Waals surface area contributed by atoms with Gasteiger partial charge < -0.3 is 0 Å². The topological polar surface area (TPSA) is 51.6 Å². The number of pyridine rings is 2. The van der Waals surface area contributed by atoms with E-state index in [0.29, 0.717) is 5.82 Å². The van der Waals surface area contributed by atoms with Crippen LogP contribution in [0, 0.1) is 0 Å². The molecule has 4 heteroatoms. The summed E-state index contributed by atoms with van der Waals surface area (Å²) in [6.07, 6.45) is 0. The van der Waals surface area contributed by atoms with E-state index in [4.69, 9.17) is 19.9 Å². The molecular formula is C44H28N4. The first-order chi connectivity index (χ1) is 23.8. The van der Waals surface area contributed by atoms with Crippen LogP contribution in [0.4, 0.5) is 0 Å². The average Bonchev–Trinajstić information content (AvgIpc) is 3.18. The molecule has 0 spiro atoms. The van der Waals surface area contributed by atoms with E-state index in [0.717, 1.165) is 83.2 Å². The van der Waals surface area contributed by atoms with Gasteiger partial charge in [-0.2, -0.15) is 0 Å². The molecule has 0 amide bonds. The minimum Gasteiger partial charge on any atom is -0.245 e. The number of benzene rings is 6. The van der Waals surface area contributed by atoms with Gasteiger partial charge >= 0.3 is 0 Å². The van der Waals surface area contributed by atoms with Crippen LogP contribution in [-0.4, -0.2) is 19.9 Å². The molecule has 6 aromatic carbocycles. The summed E-state index contributed by atoms with van der Waals surface area (Å²) in [5.41, 5.74) is 11.7. The normalized spacial score (nSPS) is 11.3. The first-order valence-electron chi connectivity index (χ1n) is 16.1. The number of hydrogen-bond acceptors (Lipinski definition) is 4. The molecule has 224 valence electrons. The van der Waals surface area contributed by atoms with Crippen molar-refractivity contribution >= 4 is 32.7 Å². The fraction of sp³-hybridized carbons (Fsp3) is 0. The highest BCUT2D eigenvalue weighted by atomic mass is 14.9. The number of hydrogen-bond donors (Lipinski definition) is 0. The fourth-order valence-electron chi connectivity index (χ4n) is 6.48. The molecule has 0 saturated carbocycles. The highest BCUT2D eigenvalue weighted by molar-refractivity contribution is 6.05. The average molecular weight is 613 g/mol. The maximum atomic E-state index is 5.29. The molecule has 48 heavy (non-hydrogen) atoms. The predicted molar refractivity (Wildman–Crippen MR) is 197 cm³/mol. The van der Waals surface area contributed by atoms with E-state index in [1.807, 2.05) is 36.4 Å². The van der Waals surface area contributed by atoms with E-state index in [9.17, 15) is 0 Å². The Morgan fingerprint density at radius 3 is 1.67 bits per heavy atom. The summed E-state index contributed by atoms with van der Waals surface area (Å²) in [4.78, 5) is 20.7. The molecule has 0 atom stereocenters. The van der Waals surface area contributed by atoms with Gasteiger partial charge in [-0.3, -0.25) is 0 Å². The SMILES string of the molecule is c1ccc(-c2cccc(-c3nc(-c4ccccc4-c4ccc5ccc6ccc(-c7ccccc7)nc6c5n4)c4ccccc4n3)c2)cc1. The quantitative estimate of drug-likeness (QED) is 0.181. The van der Waals surface area contributed by atoms with Crippen molar-refractivity contribution in [3.05, 3.63) is 170 Å². The minimum absolute atomic E-state index is 0.686. The van der Waals surface area contributed by atoms with Crippen molar-refractivity contribution < 1.29 is 0 Å². The van der Waals surface area contributed by atoms with Gasteiger partial charge in [0.2, 0.25) is 0 Å². The zero-order valence-electron chi connectivity index (χ0n) is 26.0. The zero-order chi connectivity index (χ0) is 31.9. The molecular weight excluding hydrogens is 585 g/mol. The molecule has 0 saturated heterocycles. The minimum atomic E-state index is 0.686. The largest absolute Gasteiger partial charge is 0.245 e. The maximum Gasteiger partial charge on any atom is 0.160 e. The Labute approximate surface area is 278 Å². The lowest BCUT2D eigenvalue weighted by atomic mass is 9.97. The Bertz CT molecular complexity index is 2610. The first kappa shape index (κ1) is 27.8. The third-order valence-corrected chi connectivity index (χ3v) is 8.88. The molecule has 3 heterocycles. The van der Waals surface area contributed by atoms with Gasteiger partial charge in [-0.1, -0.05) is 146 Å². The molecule has 0 aliphatic heterocycles. The van der Waals surface area contributed by atoms with Crippen molar-refractivity contribution in [3.8, 4) is 56.3 Å². The third-order valence-electron chi connectivity index (χ3n) is 8.88. The second-order valence-corrected chi connectivity index (χ2v) is 11.9. The van der Waals surface area contributed by atoms with E-state index in [1.165, 1.54) is 0 Å². The van der Waals surface area contributed by atoms with Crippen molar-refractivity contribution in [2.45, 2.75) is 0 Å². The van der Waals surface area contributed by atoms with Crippen LogP contribution in [0.1, 0.15) is 0 Å². The number of rotatable bonds is 5. The molecule has 0 aliphatic rings. The van der Waals surface area contributed by atoms with Gasteiger partial charge in [-0.15, -0.1) is 0 Å². The summed E-state index contributed by atoms with van der Waals surface area (Å²) in [6.45, 7) is 0. The summed E-state index contributed by atoms with van der Waals surface area (Å²) < 4.78 is 0. The van der Waals surface area contributed by atoms with E-state index in [-0.39, 0.29) is 0 Å². The molecule has 0 fully saturated rings. The van der Waals surface area contributed by atoms with Crippen LogP contribution in [0.15, 0.2) is 170 Å². The van der Waals surface area contributed by atoms with Crippen molar-refractivity contribution in [1.29, 1.82) is 0 Å². The van der Waals surface area contributed by atoms with Gasteiger partial charge in [0.25, 0.3) is 0 Å². The van der Waals surface area contributed by atoms with Crippen LogP contribution in [-0.2, 0) is 0 Å². The lowest BCUT2D eigenvalue weighted by Crippen LogP contribution is -1.97. The van der Waals surface area contributed by atoms with Crippen molar-refractivity contribution in [1.82, 2.24) is 19.9 Å². The zero-order valence-corrected chi connectivity index (χ0v) is 26.0. The second kappa shape index (κ2) is 11.7. The smallest absolute Gasteiger partial charge is 0.160 e. The van der Waals surface area contributed by atoms with Gasteiger partial charge in [0.15, 0.2) is 5.82 Å². The first-order valence-corrected chi connectivity index (χ1v) is 16.1. The summed E-state index contributed by atoms with van der Waals surface area (Å²) in [6, 6.07) is 58.5. The van der Waals surface area contributed by atoms with Gasteiger partial charge in [-0.05, 0) is 35.4 Å². The third kappa shape index (κ3) is 4.97. The van der Waals surface area contributed by atoms with Gasteiger partial charge in [0.1, 0.15) is 0 Å². The van der Waals surface area contributed by atoms with E-state index < -0.39 is 0 Å². The van der Waals surface area contributed by atoms with Crippen LogP contribution in [0.3, 0.4) is 0 Å². The molecule has 3 aromatic heterocycles. The summed E-state index contributed by atoms with van der Waals surface area (Å²) in [7, 11) is 0. The molecule has 0 radical (unpaired) electrons. The number of nitrogens with zero attached hydrogens (tertiary/aromatic N) is 4. The predicted octanol–water partition coefficient (Wildman–Crippen LogP) is 11.1. The number of para-hydroxylation sites is 1. The Morgan fingerprint density at radius 2 is 0.896 bits per heavy atom. The van der Waals surface area contributed by atoms with Crippen LogP contribution in [0.2, 0.25) is 0 Å². The highest BCUT2D eigenvalue weighted by Gasteiger charge is 2.17. The van der Waals surface area contributed by atoms with Gasteiger partial charge in [0.05, 0.1) is 33.6 Å². The lowest BCUT2D eigenvalue weighted by Gasteiger charge is -2.14. The molecule has 0 aliphatic carbocycles. The standard InChI is InChI=1S/C44H28N4/c1-3-12-29(13-4-1)33-16-11-17-34(28-33)44-47-39-21-10-9-20-37(39)43(48-44)36-19-8-7-18-35(36)40-27-25-32-23-22-31-24-26-38(30-14-5-2-6-15-30)45-41(31)42(32)46-40/h1-28H. The molecule has 4 nitrogen and oxygen atoms in total. The van der Waals surface area contributed by atoms with Crippen molar-refractivity contribution in [3.63, 3.8) is 0 Å². The molecule has 9 rings (SSSR count). The Balaban J connectivity index is 1.22. The molecule has 0 bridgehead atoms. The Hall–Kier alpha value is -6.52. The molecule has 9 aromatic rings. The van der Waals surface area contributed by atoms with Gasteiger partial charge in [0, 0.05) is 38.4 Å². The van der Waals surface area contributed by atoms with E-state index in [2.05, 4.69) is 133 Å². The van der Waals surface area contributed by atoms with Crippen LogP contribution >= 0.6 is 0 Å². The summed E-state index contributed by atoms with van der Waals surface area (Å²) >= 11 is 0. The summed E-state index contributed by atoms with van der Waals surface area (Å²) in [5.74, 6) is 0.686. The summed E-state index contributed by atoms with van der Waals surface area (Å²) in [5, 5.41) is 3.10. The van der Waals surface area contributed by atoms with Crippen LogP contribution in [0.5, 0.6) is 0 Å². The second-order valence-electron chi connectivity index (χ2n) is 11.9. The van der Waals surface area contributed by atoms with Gasteiger partial charge in [-0.25, -0.2) is 19.9 Å². The Morgan fingerprint density at radius 1 is 0.333 bits per heavy atom.